The van der Waals surface area contributed by atoms with Crippen molar-refractivity contribution in [3.05, 3.63) is 35.9 Å². The summed E-state index contributed by atoms with van der Waals surface area (Å²) in [6, 6.07) is 10.6. The first-order valence-corrected chi connectivity index (χ1v) is 7.99. The number of benzene rings is 1. The van der Waals surface area contributed by atoms with Crippen molar-refractivity contribution < 1.29 is 4.79 Å². The predicted octanol–water partition coefficient (Wildman–Crippen LogP) is 1.77. The smallest absolute Gasteiger partial charge is 0.234 e. The minimum Gasteiger partial charge on any atom is -0.351 e. The predicted molar refractivity (Wildman–Crippen MR) is 86.0 cm³/mol. The molecule has 1 fully saturated rings. The maximum atomic E-state index is 12.1. The average molecular weight is 289 g/mol. The fraction of sp³-hybridized carbons (Fsp3) is 0.588. The number of hydrogen-bond donors (Lipinski definition) is 2. The molecule has 4 nitrogen and oxygen atoms in total. The van der Waals surface area contributed by atoms with E-state index in [0.29, 0.717) is 19.1 Å². The largest absolute Gasteiger partial charge is 0.351 e. The van der Waals surface area contributed by atoms with E-state index in [1.165, 1.54) is 19.3 Å². The molecule has 0 aromatic heterocycles. The Morgan fingerprint density at radius 1 is 1.29 bits per heavy atom. The van der Waals surface area contributed by atoms with E-state index < -0.39 is 0 Å². The standard InChI is InChI=1S/C17H27N3O/c1-18-11-10-16-9-5-6-12-20(16)14-17(21)19-13-15-7-3-2-4-8-15/h2-4,7-8,16,18H,5-6,9-14H2,1H3,(H,19,21). The summed E-state index contributed by atoms with van der Waals surface area (Å²) in [6.45, 7) is 3.22. The molecule has 0 radical (unpaired) electrons. The molecule has 1 aromatic rings. The van der Waals surface area contributed by atoms with Gasteiger partial charge in [0.25, 0.3) is 0 Å². The van der Waals surface area contributed by atoms with E-state index in [2.05, 4.69) is 15.5 Å². The zero-order chi connectivity index (χ0) is 14.9. The van der Waals surface area contributed by atoms with Crippen LogP contribution < -0.4 is 10.6 Å². The number of piperidine rings is 1. The highest BCUT2D eigenvalue weighted by atomic mass is 16.2. The second kappa shape index (κ2) is 8.80. The van der Waals surface area contributed by atoms with Crippen LogP contribution in [0.25, 0.3) is 0 Å². The second-order valence-electron chi connectivity index (χ2n) is 5.77. The molecule has 0 bridgehead atoms. The molecule has 0 saturated carbocycles. The van der Waals surface area contributed by atoms with Crippen LogP contribution in [0.3, 0.4) is 0 Å². The molecule has 1 amide bonds. The highest BCUT2D eigenvalue weighted by Gasteiger charge is 2.23. The molecule has 116 valence electrons. The van der Waals surface area contributed by atoms with E-state index in [9.17, 15) is 4.79 Å². The zero-order valence-electron chi connectivity index (χ0n) is 13.0. The second-order valence-corrected chi connectivity index (χ2v) is 5.77. The molecule has 1 saturated heterocycles. The van der Waals surface area contributed by atoms with Crippen LogP contribution in [0.4, 0.5) is 0 Å². The summed E-state index contributed by atoms with van der Waals surface area (Å²) in [7, 11) is 1.99. The van der Waals surface area contributed by atoms with Gasteiger partial charge in [-0.1, -0.05) is 36.8 Å². The summed E-state index contributed by atoms with van der Waals surface area (Å²) in [6.07, 6.45) is 4.84. The Kier molecular flexibility index (Phi) is 6.70. The number of nitrogens with one attached hydrogen (secondary N) is 2. The molecule has 4 heteroatoms. The Labute approximate surface area is 127 Å². The molecular weight excluding hydrogens is 262 g/mol. The Morgan fingerprint density at radius 3 is 2.86 bits per heavy atom. The number of hydrogen-bond acceptors (Lipinski definition) is 3. The number of rotatable bonds is 7. The highest BCUT2D eigenvalue weighted by Crippen LogP contribution is 2.18. The number of nitrogens with zero attached hydrogens (tertiary/aromatic N) is 1. The van der Waals surface area contributed by atoms with Gasteiger partial charge in [-0.25, -0.2) is 0 Å². The van der Waals surface area contributed by atoms with E-state index in [1.54, 1.807) is 0 Å². The monoisotopic (exact) mass is 289 g/mol. The lowest BCUT2D eigenvalue weighted by atomic mass is 9.99. The molecule has 2 N–H and O–H groups in total. The van der Waals surface area contributed by atoms with E-state index in [4.69, 9.17) is 0 Å². The fourth-order valence-electron chi connectivity index (χ4n) is 2.94. The van der Waals surface area contributed by atoms with Gasteiger partial charge in [-0.15, -0.1) is 0 Å². The van der Waals surface area contributed by atoms with Gasteiger partial charge in [0.2, 0.25) is 5.91 Å². The Balaban J connectivity index is 1.77. The normalized spacial score (nSPS) is 19.4. The molecular formula is C17H27N3O. The quantitative estimate of drug-likeness (QED) is 0.804. The van der Waals surface area contributed by atoms with Gasteiger partial charge in [-0.2, -0.15) is 0 Å². The third-order valence-electron chi connectivity index (χ3n) is 4.16. The molecule has 1 heterocycles. The van der Waals surface area contributed by atoms with Crippen molar-refractivity contribution in [2.75, 3.05) is 26.7 Å². The zero-order valence-corrected chi connectivity index (χ0v) is 13.0. The SMILES string of the molecule is CNCCC1CCCCN1CC(=O)NCc1ccccc1. The maximum Gasteiger partial charge on any atom is 0.234 e. The average Bonchev–Trinajstić information content (AvgIpc) is 2.53. The summed E-state index contributed by atoms with van der Waals surface area (Å²) < 4.78 is 0. The van der Waals surface area contributed by atoms with Crippen molar-refractivity contribution >= 4 is 5.91 Å². The third kappa shape index (κ3) is 5.48. The van der Waals surface area contributed by atoms with Crippen molar-refractivity contribution in [3.63, 3.8) is 0 Å². The van der Waals surface area contributed by atoms with Crippen molar-refractivity contribution in [2.24, 2.45) is 0 Å². The Bertz CT molecular complexity index is 421. The van der Waals surface area contributed by atoms with E-state index in [-0.39, 0.29) is 5.91 Å². The first-order chi connectivity index (χ1) is 10.3. The van der Waals surface area contributed by atoms with Crippen LogP contribution in [-0.2, 0) is 11.3 Å². The van der Waals surface area contributed by atoms with E-state index in [1.807, 2.05) is 37.4 Å². The molecule has 1 aromatic carbocycles. The molecule has 1 unspecified atom stereocenters. The number of amides is 1. The fourth-order valence-corrected chi connectivity index (χ4v) is 2.94. The summed E-state index contributed by atoms with van der Waals surface area (Å²) >= 11 is 0. The summed E-state index contributed by atoms with van der Waals surface area (Å²) in [5, 5.41) is 6.23. The van der Waals surface area contributed by atoms with Crippen molar-refractivity contribution in [1.82, 2.24) is 15.5 Å². The van der Waals surface area contributed by atoms with Gasteiger partial charge in [-0.3, -0.25) is 9.69 Å². The van der Waals surface area contributed by atoms with Crippen LogP contribution in [0.5, 0.6) is 0 Å². The van der Waals surface area contributed by atoms with Gasteiger partial charge in [0.05, 0.1) is 6.54 Å². The van der Waals surface area contributed by atoms with Crippen LogP contribution in [0.15, 0.2) is 30.3 Å². The van der Waals surface area contributed by atoms with Crippen LogP contribution in [0.2, 0.25) is 0 Å². The number of carbonyl (C=O) groups is 1. The van der Waals surface area contributed by atoms with E-state index in [0.717, 1.165) is 25.1 Å². The lowest BCUT2D eigenvalue weighted by molar-refractivity contribution is -0.123. The summed E-state index contributed by atoms with van der Waals surface area (Å²) in [5.74, 6) is 0.134. The number of likely N-dealkylation sites (tertiary alicyclic amines) is 1. The van der Waals surface area contributed by atoms with Gasteiger partial charge in [0.1, 0.15) is 0 Å². The third-order valence-corrected chi connectivity index (χ3v) is 4.16. The topological polar surface area (TPSA) is 44.4 Å². The lowest BCUT2D eigenvalue weighted by Gasteiger charge is -2.35. The van der Waals surface area contributed by atoms with Crippen LogP contribution in [0, 0.1) is 0 Å². The molecule has 21 heavy (non-hydrogen) atoms. The summed E-state index contributed by atoms with van der Waals surface area (Å²) in [5.41, 5.74) is 1.15. The molecule has 1 atom stereocenters. The van der Waals surface area contributed by atoms with Crippen LogP contribution >= 0.6 is 0 Å². The van der Waals surface area contributed by atoms with Crippen LogP contribution in [0.1, 0.15) is 31.2 Å². The van der Waals surface area contributed by atoms with Crippen molar-refractivity contribution in [2.45, 2.75) is 38.3 Å². The first-order valence-electron chi connectivity index (χ1n) is 7.99. The molecule has 1 aliphatic heterocycles. The first kappa shape index (κ1) is 16.0. The van der Waals surface area contributed by atoms with Crippen molar-refractivity contribution in [1.29, 1.82) is 0 Å². The Hall–Kier alpha value is -1.39. The molecule has 1 aliphatic rings. The van der Waals surface area contributed by atoms with Gasteiger partial charge in [0, 0.05) is 12.6 Å². The Morgan fingerprint density at radius 2 is 2.10 bits per heavy atom. The number of carbonyl (C=O) groups excluding carboxylic acids is 1. The molecule has 2 rings (SSSR count). The maximum absolute atomic E-state index is 12.1. The van der Waals surface area contributed by atoms with Gasteiger partial charge < -0.3 is 10.6 Å². The van der Waals surface area contributed by atoms with Crippen molar-refractivity contribution in [3.8, 4) is 0 Å². The molecule has 0 spiro atoms. The van der Waals surface area contributed by atoms with E-state index >= 15 is 0 Å². The van der Waals surface area contributed by atoms with Gasteiger partial charge >= 0.3 is 0 Å². The highest BCUT2D eigenvalue weighted by molar-refractivity contribution is 5.78. The van der Waals surface area contributed by atoms with Crippen LogP contribution in [-0.4, -0.2) is 43.5 Å². The molecule has 0 aliphatic carbocycles. The lowest BCUT2D eigenvalue weighted by Crippen LogP contribution is -2.46. The van der Waals surface area contributed by atoms with Gasteiger partial charge in [-0.05, 0) is 45.0 Å². The van der Waals surface area contributed by atoms with Gasteiger partial charge in [0.15, 0.2) is 0 Å². The summed E-state index contributed by atoms with van der Waals surface area (Å²) in [4.78, 5) is 14.5. The minimum absolute atomic E-state index is 0.134. The minimum atomic E-state index is 0.134.